The molecule has 0 radical (unpaired) electrons. The van der Waals surface area contributed by atoms with Crippen molar-refractivity contribution in [3.05, 3.63) is 56.5 Å². The van der Waals surface area contributed by atoms with Crippen LogP contribution in [-0.4, -0.2) is 0 Å². The van der Waals surface area contributed by atoms with Crippen LogP contribution in [0.4, 0.5) is 5.69 Å². The Morgan fingerprint density at radius 3 is 2.56 bits per heavy atom. The summed E-state index contributed by atoms with van der Waals surface area (Å²) in [6, 6.07) is 10.9. The van der Waals surface area contributed by atoms with Gasteiger partial charge in [0.2, 0.25) is 0 Å². The number of benzene rings is 2. The first-order valence-corrected chi connectivity index (χ1v) is 6.73. The van der Waals surface area contributed by atoms with E-state index in [0.717, 1.165) is 10.0 Å². The van der Waals surface area contributed by atoms with E-state index in [1.165, 1.54) is 0 Å². The summed E-state index contributed by atoms with van der Waals surface area (Å²) in [5.74, 6) is 0.484. The van der Waals surface area contributed by atoms with Gasteiger partial charge in [-0.3, -0.25) is 0 Å². The highest BCUT2D eigenvalue weighted by Crippen LogP contribution is 2.32. The van der Waals surface area contributed by atoms with Crippen LogP contribution >= 0.6 is 39.1 Å². The normalized spacial score (nSPS) is 10.4. The fourth-order valence-electron chi connectivity index (χ4n) is 1.47. The molecule has 2 rings (SSSR count). The molecular formula is C13H10BrCl2NO. The number of hydrogen-bond donors (Lipinski definition) is 1. The summed E-state index contributed by atoms with van der Waals surface area (Å²) < 4.78 is 6.54. The van der Waals surface area contributed by atoms with Gasteiger partial charge in [-0.15, -0.1) is 0 Å². The number of rotatable bonds is 3. The molecule has 2 aromatic rings. The predicted octanol–water partition coefficient (Wildman–Crippen LogP) is 4.92. The summed E-state index contributed by atoms with van der Waals surface area (Å²) >= 11 is 15.5. The quantitative estimate of drug-likeness (QED) is 0.801. The van der Waals surface area contributed by atoms with E-state index >= 15 is 0 Å². The summed E-state index contributed by atoms with van der Waals surface area (Å²) in [6.07, 6.45) is 0. The molecule has 0 aliphatic rings. The van der Waals surface area contributed by atoms with Crippen molar-refractivity contribution in [2.45, 2.75) is 6.61 Å². The number of hydrogen-bond acceptors (Lipinski definition) is 2. The van der Waals surface area contributed by atoms with Gasteiger partial charge in [0.25, 0.3) is 0 Å². The Kier molecular flexibility index (Phi) is 4.38. The summed E-state index contributed by atoms with van der Waals surface area (Å²) in [5, 5.41) is 1.12. The van der Waals surface area contributed by atoms with Gasteiger partial charge in [-0.05, 0) is 24.3 Å². The third-order valence-electron chi connectivity index (χ3n) is 2.38. The highest BCUT2D eigenvalue weighted by Gasteiger charge is 2.07. The zero-order chi connectivity index (χ0) is 13.1. The number of para-hydroxylation sites is 1. The third-order valence-corrected chi connectivity index (χ3v) is 3.53. The van der Waals surface area contributed by atoms with Crippen LogP contribution in [0.1, 0.15) is 5.56 Å². The second-order valence-corrected chi connectivity index (χ2v) is 5.41. The van der Waals surface area contributed by atoms with Crippen LogP contribution in [0.3, 0.4) is 0 Å². The van der Waals surface area contributed by atoms with Crippen LogP contribution in [-0.2, 0) is 6.61 Å². The molecule has 0 fully saturated rings. The molecule has 0 heterocycles. The number of ether oxygens (including phenoxy) is 1. The summed E-state index contributed by atoms with van der Waals surface area (Å²) in [5.41, 5.74) is 7.18. The maximum atomic E-state index is 6.10. The van der Waals surface area contributed by atoms with Gasteiger partial charge >= 0.3 is 0 Å². The van der Waals surface area contributed by atoms with Gasteiger partial charge < -0.3 is 10.5 Å². The standard InChI is InChI=1S/C13H10BrCl2NO/c14-9-5-4-8(11(16)6-9)7-18-13-10(15)2-1-3-12(13)17/h1-6H,7,17H2. The Morgan fingerprint density at radius 2 is 1.89 bits per heavy atom. The van der Waals surface area contributed by atoms with Gasteiger partial charge in [-0.2, -0.15) is 0 Å². The van der Waals surface area contributed by atoms with Crippen molar-refractivity contribution < 1.29 is 4.74 Å². The molecule has 0 bridgehead atoms. The fraction of sp³-hybridized carbons (Fsp3) is 0.0769. The minimum atomic E-state index is 0.319. The zero-order valence-electron chi connectivity index (χ0n) is 9.29. The first kappa shape index (κ1) is 13.5. The van der Waals surface area contributed by atoms with E-state index in [2.05, 4.69) is 15.9 Å². The Hall–Kier alpha value is -0.900. The topological polar surface area (TPSA) is 35.2 Å². The minimum absolute atomic E-state index is 0.319. The van der Waals surface area contributed by atoms with Crippen LogP contribution in [0.25, 0.3) is 0 Å². The summed E-state index contributed by atoms with van der Waals surface area (Å²) in [6.45, 7) is 0.319. The monoisotopic (exact) mass is 345 g/mol. The van der Waals surface area contributed by atoms with Crippen molar-refractivity contribution in [2.75, 3.05) is 5.73 Å². The van der Waals surface area contributed by atoms with E-state index in [4.69, 9.17) is 33.7 Å². The highest BCUT2D eigenvalue weighted by molar-refractivity contribution is 9.10. The summed E-state index contributed by atoms with van der Waals surface area (Å²) in [4.78, 5) is 0. The lowest BCUT2D eigenvalue weighted by Gasteiger charge is -2.11. The molecule has 0 saturated heterocycles. The SMILES string of the molecule is Nc1cccc(Cl)c1OCc1ccc(Br)cc1Cl. The molecule has 94 valence electrons. The van der Waals surface area contributed by atoms with E-state index in [-0.39, 0.29) is 0 Å². The molecule has 0 aliphatic heterocycles. The van der Waals surface area contributed by atoms with Crippen molar-refractivity contribution in [1.82, 2.24) is 0 Å². The Morgan fingerprint density at radius 1 is 1.11 bits per heavy atom. The molecule has 0 aromatic heterocycles. The van der Waals surface area contributed by atoms with E-state index in [9.17, 15) is 0 Å². The molecule has 2 N–H and O–H groups in total. The van der Waals surface area contributed by atoms with Gasteiger partial charge in [0, 0.05) is 15.1 Å². The highest BCUT2D eigenvalue weighted by atomic mass is 79.9. The molecule has 0 amide bonds. The summed E-state index contributed by atoms with van der Waals surface area (Å²) in [7, 11) is 0. The van der Waals surface area contributed by atoms with Crippen LogP contribution in [0.15, 0.2) is 40.9 Å². The average molecular weight is 347 g/mol. The molecule has 2 nitrogen and oxygen atoms in total. The molecule has 0 aliphatic carbocycles. The van der Waals surface area contributed by atoms with Gasteiger partial charge in [0.05, 0.1) is 10.7 Å². The second-order valence-electron chi connectivity index (χ2n) is 3.68. The zero-order valence-corrected chi connectivity index (χ0v) is 12.4. The van der Waals surface area contributed by atoms with Gasteiger partial charge in [-0.1, -0.05) is 51.3 Å². The van der Waals surface area contributed by atoms with Crippen LogP contribution in [0, 0.1) is 0 Å². The molecule has 5 heteroatoms. The van der Waals surface area contributed by atoms with E-state index < -0.39 is 0 Å². The fourth-order valence-corrected chi connectivity index (χ4v) is 2.43. The largest absolute Gasteiger partial charge is 0.485 e. The predicted molar refractivity (Wildman–Crippen MR) is 79.3 cm³/mol. The maximum absolute atomic E-state index is 6.10. The molecule has 0 spiro atoms. The molecule has 18 heavy (non-hydrogen) atoms. The number of nitrogen functional groups attached to an aromatic ring is 1. The van der Waals surface area contributed by atoms with Gasteiger partial charge in [0.15, 0.2) is 5.75 Å². The lowest BCUT2D eigenvalue weighted by molar-refractivity contribution is 0.308. The molecular weight excluding hydrogens is 337 g/mol. The van der Waals surface area contributed by atoms with Crippen molar-refractivity contribution in [3.8, 4) is 5.75 Å². The van der Waals surface area contributed by atoms with Crippen molar-refractivity contribution >= 4 is 44.8 Å². The van der Waals surface area contributed by atoms with E-state index in [0.29, 0.717) is 28.1 Å². The smallest absolute Gasteiger partial charge is 0.161 e. The van der Waals surface area contributed by atoms with E-state index in [1.807, 2.05) is 18.2 Å². The van der Waals surface area contributed by atoms with Crippen molar-refractivity contribution in [2.24, 2.45) is 0 Å². The third kappa shape index (κ3) is 3.10. The lowest BCUT2D eigenvalue weighted by Crippen LogP contribution is -2.00. The number of anilines is 1. The average Bonchev–Trinajstić information content (AvgIpc) is 2.31. The molecule has 2 aromatic carbocycles. The van der Waals surface area contributed by atoms with Crippen LogP contribution < -0.4 is 10.5 Å². The Bertz CT molecular complexity index is 555. The molecule has 0 unspecified atom stereocenters. The lowest BCUT2D eigenvalue weighted by atomic mass is 10.2. The first-order valence-electron chi connectivity index (χ1n) is 5.18. The first-order chi connectivity index (χ1) is 8.58. The van der Waals surface area contributed by atoms with Crippen molar-refractivity contribution in [3.63, 3.8) is 0 Å². The van der Waals surface area contributed by atoms with E-state index in [1.54, 1.807) is 18.2 Å². The van der Waals surface area contributed by atoms with Crippen molar-refractivity contribution in [1.29, 1.82) is 0 Å². The molecule has 0 atom stereocenters. The van der Waals surface area contributed by atoms with Crippen LogP contribution in [0.5, 0.6) is 5.75 Å². The minimum Gasteiger partial charge on any atom is -0.485 e. The van der Waals surface area contributed by atoms with Gasteiger partial charge in [0.1, 0.15) is 6.61 Å². The number of nitrogens with two attached hydrogens (primary N) is 1. The Labute approximate surface area is 124 Å². The van der Waals surface area contributed by atoms with Crippen LogP contribution in [0.2, 0.25) is 10.0 Å². The Balaban J connectivity index is 2.16. The maximum Gasteiger partial charge on any atom is 0.161 e. The number of halogens is 3. The van der Waals surface area contributed by atoms with Gasteiger partial charge in [-0.25, -0.2) is 0 Å². The molecule has 0 saturated carbocycles. The second kappa shape index (κ2) is 5.83.